The Morgan fingerprint density at radius 2 is 1.73 bits per heavy atom. The van der Waals surface area contributed by atoms with Crippen LogP contribution >= 0.6 is 11.6 Å². The lowest BCUT2D eigenvalue weighted by Gasteiger charge is -2.07. The lowest BCUT2D eigenvalue weighted by Crippen LogP contribution is -2.27. The van der Waals surface area contributed by atoms with Crippen LogP contribution in [0.4, 0.5) is 10.1 Å². The maximum absolute atomic E-state index is 13.4. The highest BCUT2D eigenvalue weighted by Gasteiger charge is 2.08. The molecule has 0 fully saturated rings. The molecule has 4 nitrogen and oxygen atoms in total. The van der Waals surface area contributed by atoms with E-state index in [1.807, 2.05) is 0 Å². The molecule has 0 heterocycles. The summed E-state index contributed by atoms with van der Waals surface area (Å²) in [6.07, 6.45) is 0.0493. The monoisotopic (exact) mass is 320 g/mol. The van der Waals surface area contributed by atoms with Gasteiger partial charge in [0, 0.05) is 23.6 Å². The highest BCUT2D eigenvalue weighted by molar-refractivity contribution is 6.30. The van der Waals surface area contributed by atoms with Crippen molar-refractivity contribution in [1.29, 1.82) is 0 Å². The Labute approximate surface area is 132 Å². The maximum atomic E-state index is 13.4. The van der Waals surface area contributed by atoms with Crippen molar-refractivity contribution in [2.45, 2.75) is 6.42 Å². The van der Waals surface area contributed by atoms with Crippen LogP contribution in [0.5, 0.6) is 0 Å². The average Bonchev–Trinajstić information content (AvgIpc) is 2.50. The first-order valence-electron chi connectivity index (χ1n) is 6.64. The summed E-state index contributed by atoms with van der Waals surface area (Å²) in [6, 6.07) is 12.3. The summed E-state index contributed by atoms with van der Waals surface area (Å²) in [5.41, 5.74) is 0.579. The SMILES string of the molecule is O=C(CCNC(=O)c1ccc(Cl)cc1)Nc1ccccc1F. The van der Waals surface area contributed by atoms with Crippen LogP contribution in [-0.2, 0) is 4.79 Å². The van der Waals surface area contributed by atoms with E-state index in [-0.39, 0.29) is 30.5 Å². The van der Waals surface area contributed by atoms with Gasteiger partial charge >= 0.3 is 0 Å². The number of amides is 2. The Bertz CT molecular complexity index is 674. The molecule has 0 atom stereocenters. The fraction of sp³-hybridized carbons (Fsp3) is 0.125. The fourth-order valence-corrected chi connectivity index (χ4v) is 1.89. The second kappa shape index (κ2) is 7.56. The quantitative estimate of drug-likeness (QED) is 0.888. The van der Waals surface area contributed by atoms with Crippen molar-refractivity contribution in [1.82, 2.24) is 5.32 Å². The summed E-state index contributed by atoms with van der Waals surface area (Å²) in [6.45, 7) is 0.155. The second-order valence-corrected chi connectivity index (χ2v) is 4.98. The zero-order chi connectivity index (χ0) is 15.9. The fourth-order valence-electron chi connectivity index (χ4n) is 1.77. The Hall–Kier alpha value is -2.40. The lowest BCUT2D eigenvalue weighted by molar-refractivity contribution is -0.116. The largest absolute Gasteiger partial charge is 0.352 e. The number of carbonyl (C=O) groups excluding carboxylic acids is 2. The number of nitrogens with one attached hydrogen (secondary N) is 2. The molecule has 0 saturated heterocycles. The first kappa shape index (κ1) is 16.0. The first-order chi connectivity index (χ1) is 10.6. The van der Waals surface area contributed by atoms with Gasteiger partial charge in [0.25, 0.3) is 5.91 Å². The third-order valence-electron chi connectivity index (χ3n) is 2.89. The summed E-state index contributed by atoms with van der Waals surface area (Å²) >= 11 is 5.74. The first-order valence-corrected chi connectivity index (χ1v) is 7.02. The minimum Gasteiger partial charge on any atom is -0.352 e. The smallest absolute Gasteiger partial charge is 0.251 e. The molecule has 6 heteroatoms. The number of para-hydroxylation sites is 1. The molecule has 0 aromatic heterocycles. The topological polar surface area (TPSA) is 58.2 Å². The molecule has 0 saturated carbocycles. The van der Waals surface area contributed by atoms with E-state index in [1.165, 1.54) is 18.2 Å². The molecule has 2 aromatic rings. The van der Waals surface area contributed by atoms with Gasteiger partial charge in [-0.3, -0.25) is 9.59 Å². The van der Waals surface area contributed by atoms with Crippen molar-refractivity contribution in [3.8, 4) is 0 Å². The Balaban J connectivity index is 1.78. The van der Waals surface area contributed by atoms with Gasteiger partial charge in [-0.2, -0.15) is 0 Å². The molecular weight excluding hydrogens is 307 g/mol. The van der Waals surface area contributed by atoms with Gasteiger partial charge in [-0.05, 0) is 36.4 Å². The lowest BCUT2D eigenvalue weighted by atomic mass is 10.2. The molecule has 2 amide bonds. The van der Waals surface area contributed by atoms with Crippen LogP contribution in [0, 0.1) is 5.82 Å². The molecule has 0 bridgehead atoms. The van der Waals surface area contributed by atoms with Gasteiger partial charge in [-0.15, -0.1) is 0 Å². The van der Waals surface area contributed by atoms with Gasteiger partial charge in [0.15, 0.2) is 0 Å². The van der Waals surface area contributed by atoms with Gasteiger partial charge in [0.05, 0.1) is 5.69 Å². The Morgan fingerprint density at radius 3 is 2.41 bits per heavy atom. The van der Waals surface area contributed by atoms with Crippen LogP contribution in [-0.4, -0.2) is 18.4 Å². The van der Waals surface area contributed by atoms with Crippen molar-refractivity contribution >= 4 is 29.1 Å². The van der Waals surface area contributed by atoms with Gasteiger partial charge < -0.3 is 10.6 Å². The zero-order valence-electron chi connectivity index (χ0n) is 11.6. The van der Waals surface area contributed by atoms with E-state index < -0.39 is 5.82 Å². The predicted octanol–water partition coefficient (Wildman–Crippen LogP) is 3.24. The minimum atomic E-state index is -0.499. The third-order valence-corrected chi connectivity index (χ3v) is 3.14. The standard InChI is InChI=1S/C16H14ClFN2O2/c17-12-7-5-11(6-8-12)16(22)19-10-9-15(21)20-14-4-2-1-3-13(14)18/h1-8H,9-10H2,(H,19,22)(H,20,21). The van der Waals surface area contributed by atoms with Gasteiger partial charge in [-0.25, -0.2) is 4.39 Å². The summed E-state index contributed by atoms with van der Waals surface area (Å²) in [5, 5.41) is 5.60. The van der Waals surface area contributed by atoms with E-state index in [1.54, 1.807) is 30.3 Å². The second-order valence-electron chi connectivity index (χ2n) is 4.54. The predicted molar refractivity (Wildman–Crippen MR) is 83.4 cm³/mol. The number of halogens is 2. The number of rotatable bonds is 5. The van der Waals surface area contributed by atoms with Crippen molar-refractivity contribution in [3.05, 3.63) is 64.9 Å². The van der Waals surface area contributed by atoms with Crippen LogP contribution in [0.2, 0.25) is 5.02 Å². The van der Waals surface area contributed by atoms with E-state index in [4.69, 9.17) is 11.6 Å². The molecule has 2 rings (SSSR count). The van der Waals surface area contributed by atoms with E-state index in [0.29, 0.717) is 10.6 Å². The third kappa shape index (κ3) is 4.56. The maximum Gasteiger partial charge on any atom is 0.251 e. The van der Waals surface area contributed by atoms with E-state index in [9.17, 15) is 14.0 Å². The van der Waals surface area contributed by atoms with Gasteiger partial charge in [0.1, 0.15) is 5.82 Å². The molecule has 0 aliphatic rings. The highest BCUT2D eigenvalue weighted by atomic mass is 35.5. The van der Waals surface area contributed by atoms with Crippen molar-refractivity contribution in [2.24, 2.45) is 0 Å². The molecule has 0 radical (unpaired) electrons. The number of hydrogen-bond acceptors (Lipinski definition) is 2. The number of benzene rings is 2. The molecule has 22 heavy (non-hydrogen) atoms. The van der Waals surface area contributed by atoms with Crippen LogP contribution in [0.15, 0.2) is 48.5 Å². The minimum absolute atomic E-state index is 0.0493. The molecule has 2 N–H and O–H groups in total. The number of anilines is 1. The molecule has 0 spiro atoms. The summed E-state index contributed by atoms with van der Waals surface area (Å²) in [7, 11) is 0. The molecule has 0 aliphatic carbocycles. The van der Waals surface area contributed by atoms with Crippen LogP contribution in [0.25, 0.3) is 0 Å². The van der Waals surface area contributed by atoms with Crippen molar-refractivity contribution in [2.75, 3.05) is 11.9 Å². The Kier molecular flexibility index (Phi) is 5.49. The molecule has 0 unspecified atom stereocenters. The summed E-state index contributed by atoms with van der Waals surface area (Å²) in [5.74, 6) is -1.17. The normalized spacial score (nSPS) is 10.1. The van der Waals surface area contributed by atoms with E-state index in [2.05, 4.69) is 10.6 Å². The van der Waals surface area contributed by atoms with E-state index >= 15 is 0 Å². The number of carbonyl (C=O) groups is 2. The van der Waals surface area contributed by atoms with Gasteiger partial charge in [-0.1, -0.05) is 23.7 Å². The van der Waals surface area contributed by atoms with Crippen molar-refractivity contribution in [3.63, 3.8) is 0 Å². The van der Waals surface area contributed by atoms with Crippen LogP contribution in [0.3, 0.4) is 0 Å². The van der Waals surface area contributed by atoms with E-state index in [0.717, 1.165) is 0 Å². The molecular formula is C16H14ClFN2O2. The molecule has 114 valence electrons. The summed E-state index contributed by atoms with van der Waals surface area (Å²) < 4.78 is 13.4. The average molecular weight is 321 g/mol. The van der Waals surface area contributed by atoms with Crippen LogP contribution < -0.4 is 10.6 Å². The highest BCUT2D eigenvalue weighted by Crippen LogP contribution is 2.12. The summed E-state index contributed by atoms with van der Waals surface area (Å²) in [4.78, 5) is 23.5. The zero-order valence-corrected chi connectivity index (χ0v) is 12.4. The molecule has 2 aromatic carbocycles. The van der Waals surface area contributed by atoms with Crippen molar-refractivity contribution < 1.29 is 14.0 Å². The van der Waals surface area contributed by atoms with Crippen LogP contribution in [0.1, 0.15) is 16.8 Å². The Morgan fingerprint density at radius 1 is 1.05 bits per heavy atom. The number of hydrogen-bond donors (Lipinski definition) is 2. The van der Waals surface area contributed by atoms with Gasteiger partial charge in [0.2, 0.25) is 5.91 Å². The molecule has 0 aliphatic heterocycles.